The fourth-order valence-electron chi connectivity index (χ4n) is 1.59. The van der Waals surface area contributed by atoms with Gasteiger partial charge in [0.25, 0.3) is 0 Å². The number of hydrogen-bond donors (Lipinski definition) is 1. The van der Waals surface area contributed by atoms with E-state index < -0.39 is 0 Å². The van der Waals surface area contributed by atoms with Gasteiger partial charge in [0.05, 0.1) is 11.6 Å². The Morgan fingerprint density at radius 3 is 2.89 bits per heavy atom. The highest BCUT2D eigenvalue weighted by atomic mass is 32.2. The first-order valence-corrected chi connectivity index (χ1v) is 6.83. The minimum atomic E-state index is 0.658. The lowest BCUT2D eigenvalue weighted by Crippen LogP contribution is -1.97. The zero-order valence-corrected chi connectivity index (χ0v) is 11.1. The monoisotopic (exact) mass is 260 g/mol. The lowest BCUT2D eigenvalue weighted by Gasteiger charge is -2.10. The van der Waals surface area contributed by atoms with Crippen LogP contribution in [0, 0.1) is 0 Å². The molecule has 0 amide bonds. The number of aromatic nitrogens is 1. The van der Waals surface area contributed by atoms with Gasteiger partial charge in [-0.25, -0.2) is 4.98 Å². The van der Waals surface area contributed by atoms with Crippen LogP contribution in [0.1, 0.15) is 12.5 Å². The lowest BCUT2D eigenvalue weighted by atomic mass is 10.2. The molecule has 0 fully saturated rings. The average molecular weight is 260 g/mol. The fourth-order valence-corrected chi connectivity index (χ4v) is 2.43. The molecule has 0 bridgehead atoms. The number of nitrogens with zero attached hydrogens (tertiary/aromatic N) is 1. The number of hydrogen-bond acceptors (Lipinski definition) is 4. The number of pyridine rings is 1. The molecular weight excluding hydrogens is 244 g/mol. The van der Waals surface area contributed by atoms with Crippen molar-refractivity contribution in [3.63, 3.8) is 0 Å². The molecule has 0 aliphatic heterocycles. The van der Waals surface area contributed by atoms with Gasteiger partial charge in [0.1, 0.15) is 5.75 Å². The number of thioether (sulfide) groups is 1. The molecule has 3 nitrogen and oxygen atoms in total. The molecule has 1 aromatic carbocycles. The molecule has 0 radical (unpaired) electrons. The Bertz CT molecular complexity index is 502. The standard InChI is InChI=1S/C14H16N2OS/c1-2-17-13-7-6-12(15)9-11(13)10-18-14-5-3-4-8-16-14/h3-9H,2,10,15H2,1H3. The Kier molecular flexibility index (Phi) is 4.47. The van der Waals surface area contributed by atoms with E-state index in [0.717, 1.165) is 27.8 Å². The molecule has 0 spiro atoms. The minimum Gasteiger partial charge on any atom is -0.494 e. The van der Waals surface area contributed by atoms with Crippen LogP contribution >= 0.6 is 11.8 Å². The number of ether oxygens (including phenoxy) is 1. The number of anilines is 1. The summed E-state index contributed by atoms with van der Waals surface area (Å²) in [7, 11) is 0. The highest BCUT2D eigenvalue weighted by molar-refractivity contribution is 7.98. The Balaban J connectivity index is 2.10. The largest absolute Gasteiger partial charge is 0.494 e. The third-order valence-corrected chi connectivity index (χ3v) is 3.39. The first-order valence-electron chi connectivity index (χ1n) is 5.84. The molecule has 2 aromatic rings. The Morgan fingerprint density at radius 2 is 2.17 bits per heavy atom. The van der Waals surface area contributed by atoms with Crippen molar-refractivity contribution in [1.82, 2.24) is 4.98 Å². The molecule has 1 aromatic heterocycles. The van der Waals surface area contributed by atoms with Crippen LogP contribution in [0.4, 0.5) is 5.69 Å². The first kappa shape index (κ1) is 12.8. The van der Waals surface area contributed by atoms with Gasteiger partial charge < -0.3 is 10.5 Å². The summed E-state index contributed by atoms with van der Waals surface area (Å²) in [5, 5.41) is 1.00. The van der Waals surface area contributed by atoms with Crippen molar-refractivity contribution in [2.75, 3.05) is 12.3 Å². The summed E-state index contributed by atoms with van der Waals surface area (Å²) in [5.41, 5.74) is 7.68. The summed E-state index contributed by atoms with van der Waals surface area (Å²) >= 11 is 1.68. The normalized spacial score (nSPS) is 10.3. The fraction of sp³-hybridized carbons (Fsp3) is 0.214. The van der Waals surface area contributed by atoms with E-state index in [0.29, 0.717) is 6.61 Å². The van der Waals surface area contributed by atoms with Crippen molar-refractivity contribution in [3.8, 4) is 5.75 Å². The van der Waals surface area contributed by atoms with Crippen LogP contribution in [-0.4, -0.2) is 11.6 Å². The van der Waals surface area contributed by atoms with Crippen LogP contribution in [-0.2, 0) is 5.75 Å². The molecule has 18 heavy (non-hydrogen) atoms. The van der Waals surface area contributed by atoms with E-state index in [1.54, 1.807) is 18.0 Å². The van der Waals surface area contributed by atoms with Crippen LogP contribution in [0.2, 0.25) is 0 Å². The predicted octanol–water partition coefficient (Wildman–Crippen LogP) is 3.35. The van der Waals surface area contributed by atoms with Crippen LogP contribution in [0.25, 0.3) is 0 Å². The zero-order chi connectivity index (χ0) is 12.8. The minimum absolute atomic E-state index is 0.658. The maximum Gasteiger partial charge on any atom is 0.123 e. The van der Waals surface area contributed by atoms with Gasteiger partial charge in [0.15, 0.2) is 0 Å². The van der Waals surface area contributed by atoms with E-state index in [-0.39, 0.29) is 0 Å². The number of nitrogens with two attached hydrogens (primary N) is 1. The van der Waals surface area contributed by atoms with Crippen molar-refractivity contribution in [1.29, 1.82) is 0 Å². The quantitative estimate of drug-likeness (QED) is 0.661. The van der Waals surface area contributed by atoms with E-state index in [1.807, 2.05) is 43.3 Å². The van der Waals surface area contributed by atoms with Gasteiger partial charge in [0.2, 0.25) is 0 Å². The molecule has 4 heteroatoms. The van der Waals surface area contributed by atoms with Gasteiger partial charge >= 0.3 is 0 Å². The summed E-state index contributed by atoms with van der Waals surface area (Å²) in [5.74, 6) is 1.70. The van der Waals surface area contributed by atoms with Gasteiger partial charge in [-0.15, -0.1) is 11.8 Å². The molecule has 0 saturated heterocycles. The van der Waals surface area contributed by atoms with Gasteiger partial charge in [-0.1, -0.05) is 6.07 Å². The third-order valence-electron chi connectivity index (χ3n) is 2.40. The molecule has 0 saturated carbocycles. The van der Waals surface area contributed by atoms with Gasteiger partial charge in [-0.05, 0) is 37.3 Å². The van der Waals surface area contributed by atoms with Gasteiger partial charge in [-0.3, -0.25) is 0 Å². The summed E-state index contributed by atoms with van der Waals surface area (Å²) in [6, 6.07) is 11.6. The summed E-state index contributed by atoms with van der Waals surface area (Å²) in [6.45, 7) is 2.64. The summed E-state index contributed by atoms with van der Waals surface area (Å²) in [6.07, 6.45) is 1.80. The molecular formula is C14H16N2OS. The second-order valence-electron chi connectivity index (χ2n) is 3.76. The van der Waals surface area contributed by atoms with E-state index in [4.69, 9.17) is 10.5 Å². The smallest absolute Gasteiger partial charge is 0.123 e. The SMILES string of the molecule is CCOc1ccc(N)cc1CSc1ccccn1. The summed E-state index contributed by atoms with van der Waals surface area (Å²) in [4.78, 5) is 4.28. The second kappa shape index (κ2) is 6.31. The van der Waals surface area contributed by atoms with Crippen LogP contribution in [0.3, 0.4) is 0 Å². The van der Waals surface area contributed by atoms with Crippen LogP contribution in [0.15, 0.2) is 47.6 Å². The van der Waals surface area contributed by atoms with Crippen LogP contribution < -0.4 is 10.5 Å². The van der Waals surface area contributed by atoms with Gasteiger partial charge in [-0.2, -0.15) is 0 Å². The highest BCUT2D eigenvalue weighted by Gasteiger charge is 2.05. The van der Waals surface area contributed by atoms with E-state index >= 15 is 0 Å². The molecule has 0 unspecified atom stereocenters. The number of nitrogen functional groups attached to an aromatic ring is 1. The van der Waals surface area contributed by atoms with Crippen molar-refractivity contribution in [2.24, 2.45) is 0 Å². The maximum absolute atomic E-state index is 5.81. The molecule has 0 aliphatic rings. The Hall–Kier alpha value is -1.68. The van der Waals surface area contributed by atoms with Crippen LogP contribution in [0.5, 0.6) is 5.75 Å². The van der Waals surface area contributed by atoms with E-state index in [9.17, 15) is 0 Å². The molecule has 1 heterocycles. The van der Waals surface area contributed by atoms with E-state index in [2.05, 4.69) is 4.98 Å². The number of benzene rings is 1. The third kappa shape index (κ3) is 3.40. The second-order valence-corrected chi connectivity index (χ2v) is 4.75. The molecule has 2 rings (SSSR count). The topological polar surface area (TPSA) is 48.1 Å². The van der Waals surface area contributed by atoms with Crippen molar-refractivity contribution >= 4 is 17.4 Å². The van der Waals surface area contributed by atoms with Crippen molar-refractivity contribution in [2.45, 2.75) is 17.7 Å². The molecule has 0 aliphatic carbocycles. The Labute approximate surface area is 111 Å². The maximum atomic E-state index is 5.81. The lowest BCUT2D eigenvalue weighted by molar-refractivity contribution is 0.337. The first-order chi connectivity index (χ1) is 8.79. The number of rotatable bonds is 5. The molecule has 0 atom stereocenters. The predicted molar refractivity (Wildman–Crippen MR) is 75.8 cm³/mol. The van der Waals surface area contributed by atoms with Crippen molar-refractivity contribution < 1.29 is 4.74 Å². The molecule has 2 N–H and O–H groups in total. The summed E-state index contributed by atoms with van der Waals surface area (Å²) < 4.78 is 5.59. The highest BCUT2D eigenvalue weighted by Crippen LogP contribution is 2.28. The van der Waals surface area contributed by atoms with Crippen molar-refractivity contribution in [3.05, 3.63) is 48.2 Å². The average Bonchev–Trinajstić information content (AvgIpc) is 2.40. The zero-order valence-electron chi connectivity index (χ0n) is 10.3. The Morgan fingerprint density at radius 1 is 1.28 bits per heavy atom. The van der Waals surface area contributed by atoms with E-state index in [1.165, 1.54) is 0 Å². The molecule has 94 valence electrons. The van der Waals surface area contributed by atoms with Gasteiger partial charge in [0, 0.05) is 23.2 Å².